The molecule has 0 unspecified atom stereocenters. The molecule has 2 bridgehead atoms. The molecule has 146 valence electrons. The standard InChI is InChI=1S/C20H29N5O2/c1-3-27-20-5-4-16(8-22-20)10-25-11-17-9-24(12-18(25)15-26-14-17)13-19-21-6-7-23(19)2/h4-8,17-18H,3,9-15H2,1-2H3/t17-,18-/m0/s1. The van der Waals surface area contributed by atoms with Gasteiger partial charge in [-0.2, -0.15) is 0 Å². The van der Waals surface area contributed by atoms with Crippen molar-refractivity contribution in [3.05, 3.63) is 42.1 Å². The van der Waals surface area contributed by atoms with Gasteiger partial charge in [0.15, 0.2) is 0 Å². The normalized spacial score (nSPS) is 23.9. The van der Waals surface area contributed by atoms with Gasteiger partial charge in [0.2, 0.25) is 5.88 Å². The van der Waals surface area contributed by atoms with Crippen LogP contribution in [0.4, 0.5) is 0 Å². The number of ether oxygens (including phenoxy) is 2. The van der Waals surface area contributed by atoms with Gasteiger partial charge in [0.25, 0.3) is 0 Å². The van der Waals surface area contributed by atoms with Crippen molar-refractivity contribution in [1.82, 2.24) is 24.3 Å². The van der Waals surface area contributed by atoms with E-state index in [1.54, 1.807) is 0 Å². The summed E-state index contributed by atoms with van der Waals surface area (Å²) in [5.74, 6) is 2.34. The van der Waals surface area contributed by atoms with Crippen molar-refractivity contribution < 1.29 is 9.47 Å². The number of nitrogens with zero attached hydrogens (tertiary/aromatic N) is 5. The molecule has 0 N–H and O–H groups in total. The third-order valence-corrected chi connectivity index (χ3v) is 5.42. The van der Waals surface area contributed by atoms with Crippen molar-refractivity contribution in [2.24, 2.45) is 13.0 Å². The van der Waals surface area contributed by atoms with E-state index in [1.807, 2.05) is 31.6 Å². The third-order valence-electron chi connectivity index (χ3n) is 5.42. The fraction of sp³-hybridized carbons (Fsp3) is 0.600. The zero-order valence-corrected chi connectivity index (χ0v) is 16.3. The van der Waals surface area contributed by atoms with Crippen LogP contribution in [0, 0.1) is 5.92 Å². The highest BCUT2D eigenvalue weighted by atomic mass is 16.5. The van der Waals surface area contributed by atoms with E-state index in [-0.39, 0.29) is 0 Å². The van der Waals surface area contributed by atoms with Crippen LogP contribution in [0.2, 0.25) is 0 Å². The molecule has 7 nitrogen and oxygen atoms in total. The Balaban J connectivity index is 1.44. The summed E-state index contributed by atoms with van der Waals surface area (Å²) in [6, 6.07) is 4.48. The maximum Gasteiger partial charge on any atom is 0.213 e. The molecule has 27 heavy (non-hydrogen) atoms. The van der Waals surface area contributed by atoms with Crippen LogP contribution < -0.4 is 4.74 Å². The van der Waals surface area contributed by atoms with Crippen molar-refractivity contribution in [3.8, 4) is 5.88 Å². The first kappa shape index (κ1) is 18.4. The number of imidazole rings is 1. The predicted octanol–water partition coefficient (Wildman–Crippen LogP) is 1.55. The summed E-state index contributed by atoms with van der Waals surface area (Å²) in [5, 5.41) is 0. The molecule has 2 aliphatic rings. The summed E-state index contributed by atoms with van der Waals surface area (Å²) in [6.45, 7) is 9.18. The monoisotopic (exact) mass is 371 g/mol. The molecule has 0 spiro atoms. The van der Waals surface area contributed by atoms with Crippen molar-refractivity contribution in [2.45, 2.75) is 26.1 Å². The van der Waals surface area contributed by atoms with Crippen LogP contribution in [-0.2, 0) is 24.9 Å². The van der Waals surface area contributed by atoms with E-state index in [0.717, 1.165) is 51.8 Å². The second-order valence-corrected chi connectivity index (χ2v) is 7.57. The first-order valence-corrected chi connectivity index (χ1v) is 9.79. The summed E-state index contributed by atoms with van der Waals surface area (Å²) >= 11 is 0. The highest BCUT2D eigenvalue weighted by Crippen LogP contribution is 2.23. The lowest BCUT2D eigenvalue weighted by Crippen LogP contribution is -2.43. The van der Waals surface area contributed by atoms with Crippen molar-refractivity contribution >= 4 is 0 Å². The van der Waals surface area contributed by atoms with Gasteiger partial charge in [0.05, 0.1) is 26.4 Å². The first-order valence-electron chi connectivity index (χ1n) is 9.79. The fourth-order valence-corrected chi connectivity index (χ4v) is 4.07. The number of aromatic nitrogens is 3. The second kappa shape index (κ2) is 8.37. The lowest BCUT2D eigenvalue weighted by molar-refractivity contribution is 0.0461. The van der Waals surface area contributed by atoms with Crippen LogP contribution in [-0.4, -0.2) is 69.8 Å². The predicted molar refractivity (Wildman–Crippen MR) is 102 cm³/mol. The van der Waals surface area contributed by atoms with Gasteiger partial charge in [-0.25, -0.2) is 9.97 Å². The molecule has 2 aromatic heterocycles. The zero-order valence-electron chi connectivity index (χ0n) is 16.3. The van der Waals surface area contributed by atoms with Crippen LogP contribution in [0.25, 0.3) is 0 Å². The largest absolute Gasteiger partial charge is 0.478 e. The van der Waals surface area contributed by atoms with E-state index in [1.165, 1.54) is 5.56 Å². The molecule has 0 aliphatic carbocycles. The average molecular weight is 371 g/mol. The molecule has 0 amide bonds. The second-order valence-electron chi connectivity index (χ2n) is 7.57. The summed E-state index contributed by atoms with van der Waals surface area (Å²) in [7, 11) is 2.06. The van der Waals surface area contributed by atoms with Crippen molar-refractivity contribution in [3.63, 3.8) is 0 Å². The maximum absolute atomic E-state index is 5.96. The minimum atomic E-state index is 0.393. The number of hydrogen-bond donors (Lipinski definition) is 0. The molecule has 2 fully saturated rings. The summed E-state index contributed by atoms with van der Waals surface area (Å²) in [6.07, 6.45) is 5.83. The number of rotatable bonds is 6. The van der Waals surface area contributed by atoms with E-state index in [4.69, 9.17) is 9.47 Å². The molecule has 0 aromatic carbocycles. The van der Waals surface area contributed by atoms with Gasteiger partial charge in [-0.1, -0.05) is 6.07 Å². The SMILES string of the molecule is CCOc1ccc(CN2C[C@H]3COC[C@@H]2CN(Cc2nccn2C)C3)cn1. The molecule has 2 aromatic rings. The van der Waals surface area contributed by atoms with E-state index < -0.39 is 0 Å². The lowest BCUT2D eigenvalue weighted by Gasteiger charge is -2.31. The summed E-state index contributed by atoms with van der Waals surface area (Å²) in [4.78, 5) is 14.0. The Morgan fingerprint density at radius 1 is 1.15 bits per heavy atom. The molecule has 2 atom stereocenters. The van der Waals surface area contributed by atoms with Gasteiger partial charge in [-0.3, -0.25) is 9.80 Å². The smallest absolute Gasteiger partial charge is 0.213 e. The minimum Gasteiger partial charge on any atom is -0.478 e. The Morgan fingerprint density at radius 3 is 2.81 bits per heavy atom. The Morgan fingerprint density at radius 2 is 2.07 bits per heavy atom. The maximum atomic E-state index is 5.96. The highest BCUT2D eigenvalue weighted by molar-refractivity contribution is 5.18. The fourth-order valence-electron chi connectivity index (χ4n) is 4.07. The van der Waals surface area contributed by atoms with Gasteiger partial charge in [-0.15, -0.1) is 0 Å². The molecule has 7 heteroatoms. The molecule has 2 saturated heterocycles. The first-order chi connectivity index (χ1) is 13.2. The Kier molecular flexibility index (Phi) is 5.71. The number of aryl methyl sites for hydroxylation is 1. The van der Waals surface area contributed by atoms with Gasteiger partial charge in [0.1, 0.15) is 5.82 Å². The number of pyridine rings is 1. The van der Waals surface area contributed by atoms with Crippen LogP contribution in [0.1, 0.15) is 18.3 Å². The number of hydrogen-bond acceptors (Lipinski definition) is 6. The highest BCUT2D eigenvalue weighted by Gasteiger charge is 2.33. The van der Waals surface area contributed by atoms with E-state index in [2.05, 4.69) is 37.4 Å². The topological polar surface area (TPSA) is 55.7 Å². The van der Waals surface area contributed by atoms with Crippen LogP contribution in [0.15, 0.2) is 30.7 Å². The zero-order chi connectivity index (χ0) is 18.6. The van der Waals surface area contributed by atoms with E-state index in [0.29, 0.717) is 24.4 Å². The molecule has 4 heterocycles. The van der Waals surface area contributed by atoms with Gasteiger partial charge >= 0.3 is 0 Å². The van der Waals surface area contributed by atoms with Gasteiger partial charge in [0, 0.05) is 69.8 Å². The summed E-state index contributed by atoms with van der Waals surface area (Å²) < 4.78 is 13.5. The average Bonchev–Trinajstić information content (AvgIpc) is 2.85. The Bertz CT molecular complexity index is 732. The molecular formula is C20H29N5O2. The van der Waals surface area contributed by atoms with Crippen LogP contribution in [0.5, 0.6) is 5.88 Å². The molecule has 4 rings (SSSR count). The lowest BCUT2D eigenvalue weighted by atomic mass is 10.1. The van der Waals surface area contributed by atoms with Crippen molar-refractivity contribution in [2.75, 3.05) is 39.5 Å². The third kappa shape index (κ3) is 4.48. The van der Waals surface area contributed by atoms with Gasteiger partial charge in [-0.05, 0) is 12.5 Å². The van der Waals surface area contributed by atoms with E-state index >= 15 is 0 Å². The molecule has 2 aliphatic heterocycles. The summed E-state index contributed by atoms with van der Waals surface area (Å²) in [5.41, 5.74) is 1.22. The van der Waals surface area contributed by atoms with E-state index in [9.17, 15) is 0 Å². The molecule has 0 radical (unpaired) electrons. The Hall–Kier alpha value is -1.96. The van der Waals surface area contributed by atoms with Crippen LogP contribution in [0.3, 0.4) is 0 Å². The quantitative estimate of drug-likeness (QED) is 0.768. The van der Waals surface area contributed by atoms with Crippen LogP contribution >= 0.6 is 0 Å². The van der Waals surface area contributed by atoms with Gasteiger partial charge < -0.3 is 14.0 Å². The minimum absolute atomic E-state index is 0.393. The number of fused-ring (bicyclic) bond motifs is 3. The molecule has 0 saturated carbocycles. The van der Waals surface area contributed by atoms with Crippen molar-refractivity contribution in [1.29, 1.82) is 0 Å². The Labute approximate surface area is 160 Å². The molecular weight excluding hydrogens is 342 g/mol.